The van der Waals surface area contributed by atoms with E-state index in [1.54, 1.807) is 0 Å². The first kappa shape index (κ1) is 13.5. The molecule has 1 aliphatic carbocycles. The van der Waals surface area contributed by atoms with Crippen LogP contribution >= 0.6 is 0 Å². The summed E-state index contributed by atoms with van der Waals surface area (Å²) in [7, 11) is 0. The van der Waals surface area contributed by atoms with Crippen molar-refractivity contribution >= 4 is 5.97 Å². The number of carbonyl (C=O) groups is 1. The van der Waals surface area contributed by atoms with Gasteiger partial charge in [0, 0.05) is 0 Å². The van der Waals surface area contributed by atoms with Crippen molar-refractivity contribution in [1.29, 1.82) is 0 Å². The Kier molecular flexibility index (Phi) is 4.78. The number of rotatable bonds is 5. The zero-order valence-corrected chi connectivity index (χ0v) is 10.7. The second-order valence-electron chi connectivity index (χ2n) is 5.11. The Labute approximate surface area is 98.2 Å². The maximum atomic E-state index is 11.9. The smallest absolute Gasteiger partial charge is 0.338 e. The molecule has 94 valence electrons. The summed E-state index contributed by atoms with van der Waals surface area (Å²) in [5.74, 6) is -0.320. The maximum Gasteiger partial charge on any atom is 0.338 e. The van der Waals surface area contributed by atoms with E-state index in [9.17, 15) is 9.90 Å². The van der Waals surface area contributed by atoms with Gasteiger partial charge in [-0.15, -0.1) is 0 Å². The lowest BCUT2D eigenvalue weighted by atomic mass is 9.87. The molecule has 0 heterocycles. The number of hydrogen-bond donors (Lipinski definition) is 1. The molecule has 3 nitrogen and oxygen atoms in total. The first-order valence-electron chi connectivity index (χ1n) is 6.44. The predicted molar refractivity (Wildman–Crippen MR) is 63.0 cm³/mol. The summed E-state index contributed by atoms with van der Waals surface area (Å²) in [5.41, 5.74) is -1.21. The van der Waals surface area contributed by atoms with Crippen LogP contribution in [0.1, 0.15) is 59.3 Å². The number of esters is 1. The van der Waals surface area contributed by atoms with E-state index in [1.807, 2.05) is 13.8 Å². The van der Waals surface area contributed by atoms with Gasteiger partial charge in [-0.05, 0) is 45.4 Å². The summed E-state index contributed by atoms with van der Waals surface area (Å²) in [6.45, 7) is 5.76. The van der Waals surface area contributed by atoms with Gasteiger partial charge in [0.05, 0.1) is 6.10 Å². The van der Waals surface area contributed by atoms with E-state index >= 15 is 0 Å². The Morgan fingerprint density at radius 2 is 2.25 bits per heavy atom. The van der Waals surface area contributed by atoms with Gasteiger partial charge in [-0.1, -0.05) is 19.8 Å². The second-order valence-corrected chi connectivity index (χ2v) is 5.11. The summed E-state index contributed by atoms with van der Waals surface area (Å²) < 4.78 is 5.16. The van der Waals surface area contributed by atoms with Crippen LogP contribution in [0.3, 0.4) is 0 Å². The topological polar surface area (TPSA) is 46.5 Å². The quantitative estimate of drug-likeness (QED) is 0.736. The lowest BCUT2D eigenvalue weighted by Gasteiger charge is -2.28. The largest absolute Gasteiger partial charge is 0.461 e. The Morgan fingerprint density at radius 1 is 1.56 bits per heavy atom. The minimum Gasteiger partial charge on any atom is -0.461 e. The lowest BCUT2D eigenvalue weighted by molar-refractivity contribution is -0.173. The van der Waals surface area contributed by atoms with Crippen molar-refractivity contribution in [1.82, 2.24) is 0 Å². The molecule has 1 saturated carbocycles. The van der Waals surface area contributed by atoms with E-state index in [4.69, 9.17) is 4.74 Å². The van der Waals surface area contributed by atoms with Gasteiger partial charge in [0.1, 0.15) is 0 Å². The lowest BCUT2D eigenvalue weighted by Crippen LogP contribution is -2.44. The average Bonchev–Trinajstić information content (AvgIpc) is 2.57. The van der Waals surface area contributed by atoms with Gasteiger partial charge >= 0.3 is 5.97 Å². The SMILES string of the molecule is CCCC[C@@H]1CCC[C@@]1(O)C(=O)OC(C)C. The molecule has 1 N–H and O–H groups in total. The van der Waals surface area contributed by atoms with E-state index in [0.29, 0.717) is 6.42 Å². The summed E-state index contributed by atoms with van der Waals surface area (Å²) in [5, 5.41) is 10.4. The van der Waals surface area contributed by atoms with Crippen LogP contribution in [0.5, 0.6) is 0 Å². The summed E-state index contributed by atoms with van der Waals surface area (Å²) >= 11 is 0. The van der Waals surface area contributed by atoms with Crippen molar-refractivity contribution in [2.45, 2.75) is 71.0 Å². The summed E-state index contributed by atoms with van der Waals surface area (Å²) in [6, 6.07) is 0. The molecule has 0 aromatic heterocycles. The number of carbonyl (C=O) groups excluding carboxylic acids is 1. The van der Waals surface area contributed by atoms with Crippen LogP contribution in [0.15, 0.2) is 0 Å². The number of ether oxygens (including phenoxy) is 1. The van der Waals surface area contributed by atoms with E-state index in [2.05, 4.69) is 6.92 Å². The van der Waals surface area contributed by atoms with Crippen molar-refractivity contribution < 1.29 is 14.6 Å². The molecule has 1 aliphatic rings. The van der Waals surface area contributed by atoms with Crippen LogP contribution in [0.4, 0.5) is 0 Å². The monoisotopic (exact) mass is 228 g/mol. The zero-order valence-electron chi connectivity index (χ0n) is 10.7. The van der Waals surface area contributed by atoms with Gasteiger partial charge in [-0.2, -0.15) is 0 Å². The second kappa shape index (κ2) is 5.67. The summed E-state index contributed by atoms with van der Waals surface area (Å²) in [6.07, 6.45) is 5.40. The molecule has 0 saturated heterocycles. The third-order valence-corrected chi connectivity index (χ3v) is 3.39. The molecule has 0 bridgehead atoms. The molecule has 0 aromatic carbocycles. The normalized spacial score (nSPS) is 29.7. The van der Waals surface area contributed by atoms with Crippen LogP contribution in [0.2, 0.25) is 0 Å². The Bertz CT molecular complexity index is 237. The minimum absolute atomic E-state index is 0.0960. The third kappa shape index (κ3) is 2.97. The van der Waals surface area contributed by atoms with Gasteiger partial charge < -0.3 is 9.84 Å². The van der Waals surface area contributed by atoms with Crippen LogP contribution in [0, 0.1) is 5.92 Å². The zero-order chi connectivity index (χ0) is 12.2. The minimum atomic E-state index is -1.21. The first-order chi connectivity index (χ1) is 7.50. The van der Waals surface area contributed by atoms with E-state index in [0.717, 1.165) is 32.1 Å². The number of hydrogen-bond acceptors (Lipinski definition) is 3. The molecule has 3 heteroatoms. The fraction of sp³-hybridized carbons (Fsp3) is 0.923. The molecule has 0 spiro atoms. The van der Waals surface area contributed by atoms with Crippen molar-refractivity contribution in [3.05, 3.63) is 0 Å². The van der Waals surface area contributed by atoms with Crippen molar-refractivity contribution in [3.8, 4) is 0 Å². The van der Waals surface area contributed by atoms with Gasteiger partial charge in [0.25, 0.3) is 0 Å². The van der Waals surface area contributed by atoms with Gasteiger partial charge in [0.15, 0.2) is 5.60 Å². The molecular weight excluding hydrogens is 204 g/mol. The van der Waals surface area contributed by atoms with Crippen LogP contribution < -0.4 is 0 Å². The number of unbranched alkanes of at least 4 members (excludes halogenated alkanes) is 1. The van der Waals surface area contributed by atoms with E-state index in [-0.39, 0.29) is 12.0 Å². The number of aliphatic hydroxyl groups is 1. The fourth-order valence-corrected chi connectivity index (χ4v) is 2.48. The molecule has 0 aliphatic heterocycles. The van der Waals surface area contributed by atoms with Crippen LogP contribution in [0.25, 0.3) is 0 Å². The molecule has 16 heavy (non-hydrogen) atoms. The molecule has 0 radical (unpaired) electrons. The molecule has 0 aromatic rings. The highest BCUT2D eigenvalue weighted by Gasteiger charge is 2.48. The van der Waals surface area contributed by atoms with Gasteiger partial charge in [-0.3, -0.25) is 0 Å². The van der Waals surface area contributed by atoms with Gasteiger partial charge in [-0.25, -0.2) is 4.79 Å². The third-order valence-electron chi connectivity index (χ3n) is 3.39. The highest BCUT2D eigenvalue weighted by molar-refractivity contribution is 5.80. The average molecular weight is 228 g/mol. The standard InChI is InChI=1S/C13H24O3/c1-4-5-7-11-8-6-9-13(11,15)12(14)16-10(2)3/h10-11,15H,4-9H2,1-3H3/t11-,13+/m1/s1. The van der Waals surface area contributed by atoms with Gasteiger partial charge in [0.2, 0.25) is 0 Å². The fourth-order valence-electron chi connectivity index (χ4n) is 2.48. The van der Waals surface area contributed by atoms with Crippen LogP contribution in [-0.2, 0) is 9.53 Å². The molecule has 2 atom stereocenters. The first-order valence-corrected chi connectivity index (χ1v) is 6.44. The Balaban J connectivity index is 2.61. The predicted octanol–water partition coefficient (Wildman–Crippen LogP) is 2.66. The highest BCUT2D eigenvalue weighted by Crippen LogP contribution is 2.39. The Hall–Kier alpha value is -0.570. The Morgan fingerprint density at radius 3 is 2.81 bits per heavy atom. The molecule has 1 fully saturated rings. The highest BCUT2D eigenvalue weighted by atomic mass is 16.6. The van der Waals surface area contributed by atoms with E-state index in [1.165, 1.54) is 0 Å². The van der Waals surface area contributed by atoms with Crippen LogP contribution in [-0.4, -0.2) is 22.8 Å². The van der Waals surface area contributed by atoms with Crippen molar-refractivity contribution in [2.24, 2.45) is 5.92 Å². The maximum absolute atomic E-state index is 11.9. The summed E-state index contributed by atoms with van der Waals surface area (Å²) in [4.78, 5) is 11.9. The molecule has 0 amide bonds. The van der Waals surface area contributed by atoms with Crippen molar-refractivity contribution in [2.75, 3.05) is 0 Å². The molecule has 1 rings (SSSR count). The van der Waals surface area contributed by atoms with Crippen molar-refractivity contribution in [3.63, 3.8) is 0 Å². The van der Waals surface area contributed by atoms with E-state index < -0.39 is 11.6 Å². The molecule has 0 unspecified atom stereocenters. The molecular formula is C13H24O3.